The topological polar surface area (TPSA) is 0 Å². The maximum atomic E-state index is 3.42. The van der Waals surface area contributed by atoms with Crippen molar-refractivity contribution >= 4 is 0 Å². The van der Waals surface area contributed by atoms with Crippen molar-refractivity contribution in [1.82, 2.24) is 0 Å². The molecule has 0 heterocycles. The van der Waals surface area contributed by atoms with E-state index in [9.17, 15) is 0 Å². The van der Waals surface area contributed by atoms with Crippen molar-refractivity contribution in [2.24, 2.45) is 0 Å². The van der Waals surface area contributed by atoms with Gasteiger partial charge in [0, 0.05) is 5.41 Å². The van der Waals surface area contributed by atoms with Crippen LogP contribution in [0, 0.1) is 19.9 Å². The largest absolute Gasteiger partial charge is 0.0622 e. The van der Waals surface area contributed by atoms with Crippen LogP contribution in [0.3, 0.4) is 0 Å². The summed E-state index contributed by atoms with van der Waals surface area (Å²) in [6.07, 6.45) is 0. The van der Waals surface area contributed by atoms with Crippen molar-refractivity contribution in [2.45, 2.75) is 33.1 Å². The Morgan fingerprint density at radius 3 is 2.24 bits per heavy atom. The lowest BCUT2D eigenvalue weighted by atomic mass is 9.75. The van der Waals surface area contributed by atoms with E-state index < -0.39 is 0 Å². The first-order valence-electron chi connectivity index (χ1n) is 6.07. The Kier molecular flexibility index (Phi) is 3.06. The van der Waals surface area contributed by atoms with Crippen molar-refractivity contribution in [3.63, 3.8) is 0 Å². The zero-order chi connectivity index (χ0) is 12.5. The van der Waals surface area contributed by atoms with Gasteiger partial charge in [-0.2, -0.15) is 0 Å². The smallest absolute Gasteiger partial charge is 0.0155 e. The van der Waals surface area contributed by atoms with Gasteiger partial charge >= 0.3 is 0 Å². The third-order valence-corrected chi connectivity index (χ3v) is 3.65. The van der Waals surface area contributed by atoms with Gasteiger partial charge in [0.15, 0.2) is 0 Å². The molecule has 2 aromatic rings. The van der Waals surface area contributed by atoms with Crippen molar-refractivity contribution < 1.29 is 0 Å². The molecule has 0 spiro atoms. The van der Waals surface area contributed by atoms with Gasteiger partial charge in [-0.15, -0.1) is 0 Å². The predicted octanol–water partition coefficient (Wildman–Crippen LogP) is 4.43. The Morgan fingerprint density at radius 1 is 0.941 bits per heavy atom. The van der Waals surface area contributed by atoms with Crippen molar-refractivity contribution in [3.8, 4) is 0 Å². The fourth-order valence-electron chi connectivity index (χ4n) is 2.33. The summed E-state index contributed by atoms with van der Waals surface area (Å²) in [5, 5.41) is 0. The van der Waals surface area contributed by atoms with Gasteiger partial charge in [0.1, 0.15) is 0 Å². The lowest BCUT2D eigenvalue weighted by Gasteiger charge is -2.28. The average Bonchev–Trinajstić information content (AvgIpc) is 2.33. The van der Waals surface area contributed by atoms with Gasteiger partial charge in [-0.3, -0.25) is 0 Å². The molecule has 0 aliphatic carbocycles. The van der Waals surface area contributed by atoms with E-state index in [0.717, 1.165) is 0 Å². The summed E-state index contributed by atoms with van der Waals surface area (Å²) in [7, 11) is 0. The normalized spacial score (nSPS) is 11.5. The summed E-state index contributed by atoms with van der Waals surface area (Å²) < 4.78 is 0. The van der Waals surface area contributed by atoms with Gasteiger partial charge in [-0.05, 0) is 42.2 Å². The van der Waals surface area contributed by atoms with E-state index in [2.05, 4.69) is 70.2 Å². The monoisotopic (exact) mass is 223 g/mol. The second-order valence-corrected chi connectivity index (χ2v) is 5.15. The van der Waals surface area contributed by atoms with Crippen LogP contribution in [0.4, 0.5) is 0 Å². The molecule has 0 aromatic heterocycles. The standard InChI is InChI=1S/C17H19/c1-13-9-8-12-16(14(13)2)17(3,4)15-10-6-5-7-11-15/h5-11H,1-4H3. The van der Waals surface area contributed by atoms with Crippen molar-refractivity contribution in [1.29, 1.82) is 0 Å². The number of aryl methyl sites for hydroxylation is 1. The summed E-state index contributed by atoms with van der Waals surface area (Å²) in [6.45, 7) is 8.88. The Balaban J connectivity index is 2.56. The highest BCUT2D eigenvalue weighted by Crippen LogP contribution is 2.33. The zero-order valence-electron chi connectivity index (χ0n) is 11.0. The fraction of sp³-hybridized carbons (Fsp3) is 0.294. The maximum absolute atomic E-state index is 3.42. The van der Waals surface area contributed by atoms with E-state index in [0.29, 0.717) is 0 Å². The second-order valence-electron chi connectivity index (χ2n) is 5.15. The van der Waals surface area contributed by atoms with Crippen LogP contribution in [0.25, 0.3) is 0 Å². The summed E-state index contributed by atoms with van der Waals surface area (Å²) in [4.78, 5) is 0. The Labute approximate surface area is 104 Å². The molecule has 0 amide bonds. The SMILES string of the molecule is Cc1cc[c]c(C(C)(C)c2ccccc2)c1C. The fourth-order valence-corrected chi connectivity index (χ4v) is 2.33. The lowest BCUT2D eigenvalue weighted by molar-refractivity contribution is 0.634. The highest BCUT2D eigenvalue weighted by atomic mass is 14.3. The highest BCUT2D eigenvalue weighted by molar-refractivity contribution is 5.43. The van der Waals surface area contributed by atoms with E-state index in [-0.39, 0.29) is 5.41 Å². The van der Waals surface area contributed by atoms with Crippen LogP contribution in [-0.4, -0.2) is 0 Å². The molecular weight excluding hydrogens is 204 g/mol. The van der Waals surface area contributed by atoms with Crippen LogP contribution in [0.1, 0.15) is 36.1 Å². The first-order chi connectivity index (χ1) is 8.03. The molecule has 87 valence electrons. The van der Waals surface area contributed by atoms with Crippen molar-refractivity contribution in [3.05, 3.63) is 70.8 Å². The van der Waals surface area contributed by atoms with E-state index in [1.165, 1.54) is 22.3 Å². The van der Waals surface area contributed by atoms with Gasteiger partial charge in [-0.1, -0.05) is 56.3 Å². The minimum Gasteiger partial charge on any atom is -0.0622 e. The molecule has 0 fully saturated rings. The molecule has 0 aliphatic heterocycles. The van der Waals surface area contributed by atoms with E-state index in [1.807, 2.05) is 6.07 Å². The molecule has 2 rings (SSSR count). The van der Waals surface area contributed by atoms with Gasteiger partial charge in [0.2, 0.25) is 0 Å². The van der Waals surface area contributed by atoms with E-state index in [1.54, 1.807) is 0 Å². The van der Waals surface area contributed by atoms with Gasteiger partial charge in [-0.25, -0.2) is 0 Å². The molecule has 1 radical (unpaired) electrons. The van der Waals surface area contributed by atoms with Crippen LogP contribution < -0.4 is 0 Å². The second kappa shape index (κ2) is 4.37. The lowest BCUT2D eigenvalue weighted by Crippen LogP contribution is -2.20. The first-order valence-corrected chi connectivity index (χ1v) is 6.07. The summed E-state index contributed by atoms with van der Waals surface area (Å²) in [5.41, 5.74) is 5.33. The summed E-state index contributed by atoms with van der Waals surface area (Å²) >= 11 is 0. The van der Waals surface area contributed by atoms with Crippen LogP contribution in [0.5, 0.6) is 0 Å². The van der Waals surface area contributed by atoms with Crippen LogP contribution in [0.2, 0.25) is 0 Å². The van der Waals surface area contributed by atoms with Crippen LogP contribution >= 0.6 is 0 Å². The zero-order valence-corrected chi connectivity index (χ0v) is 11.0. The van der Waals surface area contributed by atoms with Gasteiger partial charge in [0.25, 0.3) is 0 Å². The molecular formula is C17H19. The first kappa shape index (κ1) is 11.9. The number of benzene rings is 2. The molecule has 0 saturated carbocycles. The maximum Gasteiger partial charge on any atom is 0.0155 e. The number of hydrogen-bond donors (Lipinski definition) is 0. The Bertz CT molecular complexity index is 507. The van der Waals surface area contributed by atoms with E-state index in [4.69, 9.17) is 0 Å². The Morgan fingerprint density at radius 2 is 1.59 bits per heavy atom. The molecule has 2 aromatic carbocycles. The number of hydrogen-bond acceptors (Lipinski definition) is 0. The molecule has 0 unspecified atom stereocenters. The average molecular weight is 223 g/mol. The summed E-state index contributed by atoms with van der Waals surface area (Å²) in [5.74, 6) is 0. The molecule has 0 N–H and O–H groups in total. The third-order valence-electron chi connectivity index (χ3n) is 3.65. The molecule has 0 saturated heterocycles. The molecule has 17 heavy (non-hydrogen) atoms. The minimum atomic E-state index is 0.0113. The molecule has 0 atom stereocenters. The van der Waals surface area contributed by atoms with Crippen LogP contribution in [-0.2, 0) is 5.41 Å². The van der Waals surface area contributed by atoms with Crippen molar-refractivity contribution in [2.75, 3.05) is 0 Å². The molecule has 0 bridgehead atoms. The Hall–Kier alpha value is -1.56. The molecule has 0 nitrogen and oxygen atoms in total. The van der Waals surface area contributed by atoms with Crippen LogP contribution in [0.15, 0.2) is 42.5 Å². The van der Waals surface area contributed by atoms with Gasteiger partial charge < -0.3 is 0 Å². The minimum absolute atomic E-state index is 0.0113. The molecule has 0 heteroatoms. The molecule has 0 aliphatic rings. The number of rotatable bonds is 2. The predicted molar refractivity (Wildman–Crippen MR) is 73.3 cm³/mol. The van der Waals surface area contributed by atoms with E-state index >= 15 is 0 Å². The highest BCUT2D eigenvalue weighted by Gasteiger charge is 2.24. The third kappa shape index (κ3) is 2.12. The quantitative estimate of drug-likeness (QED) is 0.706. The van der Waals surface area contributed by atoms with Gasteiger partial charge in [0.05, 0.1) is 0 Å². The summed E-state index contributed by atoms with van der Waals surface area (Å²) in [6, 6.07) is 18.2.